The minimum absolute atomic E-state index is 0.0359. The maximum Gasteiger partial charge on any atom is 0.325 e. The molecule has 0 atom stereocenters. The summed E-state index contributed by atoms with van der Waals surface area (Å²) < 4.78 is 5.09. The minimum Gasteiger partial charge on any atom is -0.464 e. The van der Waals surface area contributed by atoms with Gasteiger partial charge < -0.3 is 9.64 Å². The standard InChI is InChI=1S/C18H21NO3/c1-3-4-12-22-17(20)13-19(2)18(21)16-11-7-9-14-8-5-6-10-15(14)16/h5-11H,3-4,12-13H2,1-2H3. The maximum atomic E-state index is 12.5. The minimum atomic E-state index is -0.371. The van der Waals surface area contributed by atoms with Crippen LogP contribution in [0.25, 0.3) is 10.8 Å². The van der Waals surface area contributed by atoms with Gasteiger partial charge in [-0.2, -0.15) is 0 Å². The van der Waals surface area contributed by atoms with Gasteiger partial charge in [-0.05, 0) is 23.3 Å². The smallest absolute Gasteiger partial charge is 0.325 e. The normalized spacial score (nSPS) is 10.5. The molecule has 0 saturated carbocycles. The summed E-state index contributed by atoms with van der Waals surface area (Å²) in [5, 5.41) is 1.90. The van der Waals surface area contributed by atoms with E-state index < -0.39 is 0 Å². The van der Waals surface area contributed by atoms with Gasteiger partial charge in [0.2, 0.25) is 0 Å². The van der Waals surface area contributed by atoms with E-state index in [4.69, 9.17) is 4.74 Å². The van der Waals surface area contributed by atoms with Crippen LogP contribution in [0.15, 0.2) is 42.5 Å². The number of carbonyl (C=O) groups is 2. The molecule has 0 bridgehead atoms. The van der Waals surface area contributed by atoms with Crippen molar-refractivity contribution in [2.24, 2.45) is 0 Å². The third-order valence-corrected chi connectivity index (χ3v) is 3.49. The average Bonchev–Trinajstić information content (AvgIpc) is 2.53. The largest absolute Gasteiger partial charge is 0.464 e. The Kier molecular flexibility index (Phi) is 5.53. The number of ether oxygens (including phenoxy) is 1. The number of rotatable bonds is 6. The molecule has 0 aliphatic heterocycles. The molecule has 2 aromatic carbocycles. The number of hydrogen-bond acceptors (Lipinski definition) is 3. The second-order valence-corrected chi connectivity index (χ2v) is 5.26. The first-order valence-corrected chi connectivity index (χ1v) is 7.52. The number of hydrogen-bond donors (Lipinski definition) is 0. The van der Waals surface area contributed by atoms with Gasteiger partial charge >= 0.3 is 5.97 Å². The summed E-state index contributed by atoms with van der Waals surface area (Å²) >= 11 is 0. The predicted octanol–water partition coefficient (Wildman–Crippen LogP) is 3.26. The molecule has 0 N–H and O–H groups in total. The van der Waals surface area contributed by atoms with Crippen LogP contribution >= 0.6 is 0 Å². The van der Waals surface area contributed by atoms with Crippen molar-refractivity contribution in [3.8, 4) is 0 Å². The van der Waals surface area contributed by atoms with Crippen molar-refractivity contribution in [1.29, 1.82) is 0 Å². The lowest BCUT2D eigenvalue weighted by Crippen LogP contribution is -2.33. The topological polar surface area (TPSA) is 46.6 Å². The number of nitrogens with zero attached hydrogens (tertiary/aromatic N) is 1. The van der Waals surface area contributed by atoms with Crippen LogP contribution in [0.3, 0.4) is 0 Å². The van der Waals surface area contributed by atoms with Crippen molar-refractivity contribution in [1.82, 2.24) is 4.90 Å². The molecule has 0 aliphatic carbocycles. The van der Waals surface area contributed by atoms with Gasteiger partial charge in [-0.25, -0.2) is 0 Å². The van der Waals surface area contributed by atoms with Crippen LogP contribution in [-0.4, -0.2) is 37.0 Å². The maximum absolute atomic E-state index is 12.5. The lowest BCUT2D eigenvalue weighted by atomic mass is 10.0. The van der Waals surface area contributed by atoms with Crippen molar-refractivity contribution >= 4 is 22.6 Å². The van der Waals surface area contributed by atoms with E-state index >= 15 is 0 Å². The number of unbranched alkanes of at least 4 members (excludes halogenated alkanes) is 1. The molecule has 2 aromatic rings. The van der Waals surface area contributed by atoms with Crippen LogP contribution < -0.4 is 0 Å². The Morgan fingerprint density at radius 1 is 1.09 bits per heavy atom. The van der Waals surface area contributed by atoms with E-state index in [0.29, 0.717) is 12.2 Å². The molecule has 0 aliphatic rings. The summed E-state index contributed by atoms with van der Waals surface area (Å²) in [5.41, 5.74) is 0.599. The molecule has 0 spiro atoms. The lowest BCUT2D eigenvalue weighted by Gasteiger charge is -2.17. The molecule has 0 aromatic heterocycles. The Labute approximate surface area is 130 Å². The predicted molar refractivity (Wildman–Crippen MR) is 86.8 cm³/mol. The van der Waals surface area contributed by atoms with E-state index in [9.17, 15) is 9.59 Å². The van der Waals surface area contributed by atoms with E-state index in [1.54, 1.807) is 13.1 Å². The van der Waals surface area contributed by atoms with Gasteiger partial charge in [0.15, 0.2) is 0 Å². The Hall–Kier alpha value is -2.36. The van der Waals surface area contributed by atoms with Gasteiger partial charge in [0.25, 0.3) is 5.91 Å². The molecular weight excluding hydrogens is 278 g/mol. The van der Waals surface area contributed by atoms with Gasteiger partial charge in [0.05, 0.1) is 6.61 Å². The Balaban J connectivity index is 2.08. The van der Waals surface area contributed by atoms with Crippen molar-refractivity contribution < 1.29 is 14.3 Å². The Morgan fingerprint density at radius 3 is 2.59 bits per heavy atom. The second kappa shape index (κ2) is 7.59. The summed E-state index contributed by atoms with van der Waals surface area (Å²) in [6.07, 6.45) is 1.81. The number of fused-ring (bicyclic) bond motifs is 1. The number of benzene rings is 2. The van der Waals surface area contributed by atoms with Crippen molar-refractivity contribution in [3.63, 3.8) is 0 Å². The highest BCUT2D eigenvalue weighted by molar-refractivity contribution is 6.07. The molecular formula is C18H21NO3. The van der Waals surface area contributed by atoms with Crippen LogP contribution in [0.1, 0.15) is 30.1 Å². The molecule has 2 rings (SSSR count). The number of likely N-dealkylation sites (N-methyl/N-ethyl adjacent to an activating group) is 1. The van der Waals surface area contributed by atoms with Gasteiger partial charge in [-0.3, -0.25) is 9.59 Å². The van der Waals surface area contributed by atoms with E-state index in [1.165, 1.54) is 4.90 Å². The summed E-state index contributed by atoms with van der Waals surface area (Å²) in [6.45, 7) is 2.40. The lowest BCUT2D eigenvalue weighted by molar-refractivity contribution is -0.144. The molecule has 1 amide bonds. The fraction of sp³-hybridized carbons (Fsp3) is 0.333. The van der Waals surface area contributed by atoms with E-state index in [-0.39, 0.29) is 18.4 Å². The SMILES string of the molecule is CCCCOC(=O)CN(C)C(=O)c1cccc2ccccc12. The first-order chi connectivity index (χ1) is 10.6. The summed E-state index contributed by atoms with van der Waals surface area (Å²) in [5.74, 6) is -0.547. The summed E-state index contributed by atoms with van der Waals surface area (Å²) in [4.78, 5) is 25.7. The summed E-state index contributed by atoms with van der Waals surface area (Å²) in [7, 11) is 1.62. The zero-order valence-electron chi connectivity index (χ0n) is 13.0. The molecule has 116 valence electrons. The highest BCUT2D eigenvalue weighted by Gasteiger charge is 2.17. The zero-order valence-corrected chi connectivity index (χ0v) is 13.0. The van der Waals surface area contributed by atoms with Crippen molar-refractivity contribution in [3.05, 3.63) is 48.0 Å². The molecule has 4 nitrogen and oxygen atoms in total. The molecule has 22 heavy (non-hydrogen) atoms. The molecule has 0 unspecified atom stereocenters. The van der Waals surface area contributed by atoms with Crippen LogP contribution in [0.2, 0.25) is 0 Å². The quantitative estimate of drug-likeness (QED) is 0.607. The monoisotopic (exact) mass is 299 g/mol. The molecule has 0 fully saturated rings. The number of carbonyl (C=O) groups excluding carboxylic acids is 2. The third-order valence-electron chi connectivity index (χ3n) is 3.49. The fourth-order valence-corrected chi connectivity index (χ4v) is 2.26. The van der Waals surface area contributed by atoms with E-state index in [0.717, 1.165) is 23.6 Å². The molecule has 0 saturated heterocycles. The molecule has 0 radical (unpaired) electrons. The van der Waals surface area contributed by atoms with Crippen LogP contribution in [-0.2, 0) is 9.53 Å². The second-order valence-electron chi connectivity index (χ2n) is 5.26. The number of amides is 1. The van der Waals surface area contributed by atoms with Crippen molar-refractivity contribution in [2.45, 2.75) is 19.8 Å². The Bertz CT molecular complexity index is 661. The average molecular weight is 299 g/mol. The first kappa shape index (κ1) is 16.0. The van der Waals surface area contributed by atoms with E-state index in [1.807, 2.05) is 43.3 Å². The number of esters is 1. The highest BCUT2D eigenvalue weighted by atomic mass is 16.5. The Morgan fingerprint density at radius 2 is 1.82 bits per heavy atom. The van der Waals surface area contributed by atoms with Crippen LogP contribution in [0, 0.1) is 0 Å². The van der Waals surface area contributed by atoms with Gasteiger partial charge in [0.1, 0.15) is 6.54 Å². The van der Waals surface area contributed by atoms with Gasteiger partial charge in [-0.1, -0.05) is 49.7 Å². The highest BCUT2D eigenvalue weighted by Crippen LogP contribution is 2.19. The van der Waals surface area contributed by atoms with Crippen LogP contribution in [0.5, 0.6) is 0 Å². The fourth-order valence-electron chi connectivity index (χ4n) is 2.26. The third kappa shape index (κ3) is 3.85. The van der Waals surface area contributed by atoms with Gasteiger partial charge in [-0.15, -0.1) is 0 Å². The van der Waals surface area contributed by atoms with Gasteiger partial charge in [0, 0.05) is 12.6 Å². The van der Waals surface area contributed by atoms with Crippen molar-refractivity contribution in [2.75, 3.05) is 20.2 Å². The van der Waals surface area contributed by atoms with E-state index in [2.05, 4.69) is 0 Å². The summed E-state index contributed by atoms with van der Waals surface area (Å²) in [6, 6.07) is 13.3. The molecule has 4 heteroatoms. The van der Waals surface area contributed by atoms with Crippen LogP contribution in [0.4, 0.5) is 0 Å². The zero-order chi connectivity index (χ0) is 15.9. The first-order valence-electron chi connectivity index (χ1n) is 7.52. The molecule has 0 heterocycles.